The van der Waals surface area contributed by atoms with E-state index >= 15 is 0 Å². The number of nitrogens with zero attached hydrogens (tertiary/aromatic N) is 2. The highest BCUT2D eigenvalue weighted by molar-refractivity contribution is 5.98. The molecule has 22 heavy (non-hydrogen) atoms. The van der Waals surface area contributed by atoms with Crippen molar-refractivity contribution in [3.05, 3.63) is 53.3 Å². The van der Waals surface area contributed by atoms with E-state index in [4.69, 9.17) is 0 Å². The average molecular weight is 299 g/mol. The average Bonchev–Trinajstić information content (AvgIpc) is 2.89. The van der Waals surface area contributed by atoms with Crippen LogP contribution in [0.25, 0.3) is 0 Å². The number of hydrogen-bond donors (Lipinski definition) is 1. The Balaban J connectivity index is 2.01. The smallest absolute Gasteiger partial charge is 0.270 e. The first-order valence-corrected chi connectivity index (χ1v) is 7.13. The molecule has 5 heteroatoms. The highest BCUT2D eigenvalue weighted by atomic mass is 16.2. The lowest BCUT2D eigenvalue weighted by atomic mass is 10.1. The van der Waals surface area contributed by atoms with Gasteiger partial charge >= 0.3 is 0 Å². The molecule has 1 aromatic heterocycles. The molecule has 0 saturated heterocycles. The van der Waals surface area contributed by atoms with Crippen LogP contribution in [0.15, 0.2) is 36.5 Å². The molecule has 0 fully saturated rings. The molecule has 2 amide bonds. The SMILES string of the molecule is Cc1cccc(NC(=O)CN(C)C(=O)c2cccn2C)c1C. The number of anilines is 1. The zero-order valence-electron chi connectivity index (χ0n) is 13.4. The van der Waals surface area contributed by atoms with Gasteiger partial charge in [-0.1, -0.05) is 12.1 Å². The molecule has 0 saturated carbocycles. The van der Waals surface area contributed by atoms with Crippen molar-refractivity contribution >= 4 is 17.5 Å². The maximum atomic E-state index is 12.3. The van der Waals surface area contributed by atoms with Gasteiger partial charge in [0.25, 0.3) is 5.91 Å². The Kier molecular flexibility index (Phi) is 4.65. The molecule has 0 radical (unpaired) electrons. The molecule has 0 aliphatic carbocycles. The summed E-state index contributed by atoms with van der Waals surface area (Å²) in [4.78, 5) is 25.8. The summed E-state index contributed by atoms with van der Waals surface area (Å²) in [6, 6.07) is 9.30. The summed E-state index contributed by atoms with van der Waals surface area (Å²) in [5.74, 6) is -0.387. The first-order valence-electron chi connectivity index (χ1n) is 7.13. The molecule has 2 rings (SSSR count). The summed E-state index contributed by atoms with van der Waals surface area (Å²) in [5.41, 5.74) is 3.49. The van der Waals surface area contributed by atoms with Gasteiger partial charge in [-0.2, -0.15) is 0 Å². The van der Waals surface area contributed by atoms with Crippen LogP contribution >= 0.6 is 0 Å². The Morgan fingerprint density at radius 3 is 2.55 bits per heavy atom. The normalized spacial score (nSPS) is 10.4. The third kappa shape index (κ3) is 3.36. The number of hydrogen-bond acceptors (Lipinski definition) is 2. The lowest BCUT2D eigenvalue weighted by molar-refractivity contribution is -0.116. The summed E-state index contributed by atoms with van der Waals surface area (Å²) in [7, 11) is 3.43. The van der Waals surface area contributed by atoms with Crippen LogP contribution in [0.1, 0.15) is 21.6 Å². The highest BCUT2D eigenvalue weighted by Crippen LogP contribution is 2.17. The van der Waals surface area contributed by atoms with Gasteiger partial charge in [0.1, 0.15) is 5.69 Å². The van der Waals surface area contributed by atoms with Crippen LogP contribution in [0.4, 0.5) is 5.69 Å². The zero-order chi connectivity index (χ0) is 16.3. The van der Waals surface area contributed by atoms with Crippen molar-refractivity contribution < 1.29 is 9.59 Å². The molecule has 0 unspecified atom stereocenters. The lowest BCUT2D eigenvalue weighted by Crippen LogP contribution is -2.35. The van der Waals surface area contributed by atoms with E-state index in [9.17, 15) is 9.59 Å². The van der Waals surface area contributed by atoms with Crippen LogP contribution in [-0.2, 0) is 11.8 Å². The van der Waals surface area contributed by atoms with Gasteiger partial charge in [-0.15, -0.1) is 0 Å². The molecule has 116 valence electrons. The Morgan fingerprint density at radius 2 is 1.91 bits per heavy atom. The van der Waals surface area contributed by atoms with E-state index in [-0.39, 0.29) is 18.4 Å². The van der Waals surface area contributed by atoms with Gasteiger partial charge < -0.3 is 14.8 Å². The lowest BCUT2D eigenvalue weighted by Gasteiger charge is -2.18. The number of aromatic nitrogens is 1. The van der Waals surface area contributed by atoms with Gasteiger partial charge in [-0.25, -0.2) is 0 Å². The van der Waals surface area contributed by atoms with Gasteiger partial charge in [0.05, 0.1) is 6.54 Å². The second kappa shape index (κ2) is 6.47. The molecule has 1 N–H and O–H groups in total. The fraction of sp³-hybridized carbons (Fsp3) is 0.294. The van der Waals surface area contributed by atoms with Crippen molar-refractivity contribution in [1.82, 2.24) is 9.47 Å². The van der Waals surface area contributed by atoms with Crippen molar-refractivity contribution in [2.45, 2.75) is 13.8 Å². The standard InChI is InChI=1S/C17H21N3O2/c1-12-7-5-8-14(13(12)2)18-16(21)11-20(4)17(22)15-9-6-10-19(15)3/h5-10H,11H2,1-4H3,(H,18,21). The van der Waals surface area contributed by atoms with Crippen molar-refractivity contribution in [1.29, 1.82) is 0 Å². The number of aryl methyl sites for hydroxylation is 2. The number of likely N-dealkylation sites (N-methyl/N-ethyl adjacent to an activating group) is 1. The summed E-state index contributed by atoms with van der Waals surface area (Å²) >= 11 is 0. The van der Waals surface area contributed by atoms with E-state index in [2.05, 4.69) is 5.32 Å². The molecule has 5 nitrogen and oxygen atoms in total. The largest absolute Gasteiger partial charge is 0.347 e. The first kappa shape index (κ1) is 15.8. The van der Waals surface area contributed by atoms with E-state index in [0.717, 1.165) is 16.8 Å². The molecular weight excluding hydrogens is 278 g/mol. The molecule has 1 heterocycles. The van der Waals surface area contributed by atoms with Gasteiger partial charge in [0.2, 0.25) is 5.91 Å². The fourth-order valence-corrected chi connectivity index (χ4v) is 2.24. The molecule has 0 atom stereocenters. The minimum atomic E-state index is -0.209. The first-order chi connectivity index (χ1) is 10.4. The molecule has 0 bridgehead atoms. The maximum absolute atomic E-state index is 12.3. The molecular formula is C17H21N3O2. The van der Waals surface area contributed by atoms with Crippen molar-refractivity contribution in [3.63, 3.8) is 0 Å². The van der Waals surface area contributed by atoms with E-state index < -0.39 is 0 Å². The third-order valence-electron chi connectivity index (χ3n) is 3.77. The Morgan fingerprint density at radius 1 is 1.18 bits per heavy atom. The Labute approximate surface area is 130 Å². The van der Waals surface area contributed by atoms with Gasteiger partial charge in [0.15, 0.2) is 0 Å². The maximum Gasteiger partial charge on any atom is 0.270 e. The van der Waals surface area contributed by atoms with Crippen LogP contribution in [-0.4, -0.2) is 34.9 Å². The van der Waals surface area contributed by atoms with Crippen molar-refractivity contribution in [2.24, 2.45) is 7.05 Å². The predicted molar refractivity (Wildman–Crippen MR) is 86.9 cm³/mol. The number of carbonyl (C=O) groups excluding carboxylic acids is 2. The summed E-state index contributed by atoms with van der Waals surface area (Å²) in [5, 5.41) is 2.86. The van der Waals surface area contributed by atoms with E-state index in [1.54, 1.807) is 37.0 Å². The molecule has 1 aromatic carbocycles. The molecule has 0 aliphatic heterocycles. The van der Waals surface area contributed by atoms with Crippen LogP contribution < -0.4 is 5.32 Å². The Hall–Kier alpha value is -2.56. The topological polar surface area (TPSA) is 54.3 Å². The number of nitrogens with one attached hydrogen (secondary N) is 1. The number of rotatable bonds is 4. The predicted octanol–water partition coefficient (Wildman–Crippen LogP) is 2.35. The van der Waals surface area contributed by atoms with Gasteiger partial charge in [-0.05, 0) is 43.2 Å². The van der Waals surface area contributed by atoms with Gasteiger partial charge in [0, 0.05) is 26.0 Å². The number of benzene rings is 1. The highest BCUT2D eigenvalue weighted by Gasteiger charge is 2.17. The molecule has 0 aliphatic rings. The second-order valence-corrected chi connectivity index (χ2v) is 5.46. The van der Waals surface area contributed by atoms with Crippen molar-refractivity contribution in [3.8, 4) is 0 Å². The van der Waals surface area contributed by atoms with Crippen LogP contribution in [0.3, 0.4) is 0 Å². The van der Waals surface area contributed by atoms with Crippen molar-refractivity contribution in [2.75, 3.05) is 18.9 Å². The summed E-state index contributed by atoms with van der Waals surface area (Å²) in [6.07, 6.45) is 1.80. The third-order valence-corrected chi connectivity index (χ3v) is 3.77. The van der Waals surface area contributed by atoms with E-state index in [1.165, 1.54) is 4.90 Å². The minimum Gasteiger partial charge on any atom is -0.347 e. The van der Waals surface area contributed by atoms with Crippen LogP contribution in [0.5, 0.6) is 0 Å². The molecule has 0 spiro atoms. The fourth-order valence-electron chi connectivity index (χ4n) is 2.24. The van der Waals surface area contributed by atoms with E-state index in [1.807, 2.05) is 32.0 Å². The number of amides is 2. The van der Waals surface area contributed by atoms with Crippen LogP contribution in [0.2, 0.25) is 0 Å². The molecule has 2 aromatic rings. The second-order valence-electron chi connectivity index (χ2n) is 5.46. The van der Waals surface area contributed by atoms with Crippen LogP contribution in [0, 0.1) is 13.8 Å². The zero-order valence-corrected chi connectivity index (χ0v) is 13.4. The van der Waals surface area contributed by atoms with E-state index in [0.29, 0.717) is 5.69 Å². The summed E-state index contributed by atoms with van der Waals surface area (Å²) < 4.78 is 1.74. The number of carbonyl (C=O) groups is 2. The Bertz CT molecular complexity index is 704. The monoisotopic (exact) mass is 299 g/mol. The minimum absolute atomic E-state index is 0.0113. The quantitative estimate of drug-likeness (QED) is 0.942. The summed E-state index contributed by atoms with van der Waals surface area (Å²) in [6.45, 7) is 3.97. The van der Waals surface area contributed by atoms with Gasteiger partial charge in [-0.3, -0.25) is 9.59 Å².